The van der Waals surface area contributed by atoms with Gasteiger partial charge in [-0.25, -0.2) is 0 Å². The molecule has 0 spiro atoms. The van der Waals surface area contributed by atoms with E-state index in [4.69, 9.17) is 14.2 Å². The second kappa shape index (κ2) is 65.4. The lowest BCUT2D eigenvalue weighted by atomic mass is 10.0. The van der Waals surface area contributed by atoms with Crippen LogP contribution in [0.4, 0.5) is 0 Å². The molecule has 0 amide bonds. The second-order valence-electron chi connectivity index (χ2n) is 22.4. The average molecular weight is 1080 g/mol. The molecule has 0 rings (SSSR count). The minimum Gasteiger partial charge on any atom is -0.462 e. The Bertz CT molecular complexity index is 1420. The van der Waals surface area contributed by atoms with Crippen LogP contribution < -0.4 is 0 Å². The molecule has 0 radical (unpaired) electrons. The van der Waals surface area contributed by atoms with E-state index in [9.17, 15) is 14.4 Å². The van der Waals surface area contributed by atoms with Gasteiger partial charge >= 0.3 is 17.9 Å². The van der Waals surface area contributed by atoms with Crippen LogP contribution in [0.15, 0.2) is 72.9 Å². The van der Waals surface area contributed by atoms with Crippen molar-refractivity contribution >= 4 is 17.9 Å². The molecular formula is C71H126O6. The zero-order valence-corrected chi connectivity index (χ0v) is 51.2. The minimum atomic E-state index is -0.777. The largest absolute Gasteiger partial charge is 0.462 e. The van der Waals surface area contributed by atoms with E-state index in [0.717, 1.165) is 96.3 Å². The predicted octanol–water partition coefficient (Wildman–Crippen LogP) is 22.9. The summed E-state index contributed by atoms with van der Waals surface area (Å²) in [5.41, 5.74) is 0. The van der Waals surface area contributed by atoms with Crippen molar-refractivity contribution in [2.24, 2.45) is 0 Å². The zero-order valence-electron chi connectivity index (χ0n) is 51.2. The standard InChI is InChI=1S/C71H126O6/c1-4-7-10-13-16-19-22-25-27-29-30-31-32-33-34-35-36-37-38-39-40-42-43-46-49-52-55-58-61-64-70(73)76-67-68(66-75-69(72)63-60-57-54-51-48-45-24-21-18-15-12-9-6-3)77-71(74)65-62-59-56-53-50-47-44-41-28-26-23-20-17-14-11-8-5-2/h7,10,16-17,19-20,25-28,30-31,68H,4-6,8-9,11-15,18,21-24,29,32-67H2,1-3H3/b10-7-,19-16-,20-17-,27-25-,28-26-,31-30-. The van der Waals surface area contributed by atoms with Crippen LogP contribution >= 0.6 is 0 Å². The predicted molar refractivity (Wildman–Crippen MR) is 335 cm³/mol. The zero-order chi connectivity index (χ0) is 55.7. The van der Waals surface area contributed by atoms with Gasteiger partial charge in [-0.1, -0.05) is 306 Å². The third-order valence-electron chi connectivity index (χ3n) is 14.7. The Morgan fingerprint density at radius 2 is 0.506 bits per heavy atom. The Hall–Kier alpha value is -3.15. The Labute approximate surface area is 478 Å². The van der Waals surface area contributed by atoms with Gasteiger partial charge in [-0.05, 0) is 89.9 Å². The summed E-state index contributed by atoms with van der Waals surface area (Å²) in [5.74, 6) is -0.862. The Morgan fingerprint density at radius 3 is 0.818 bits per heavy atom. The Morgan fingerprint density at radius 1 is 0.273 bits per heavy atom. The monoisotopic (exact) mass is 1070 g/mol. The molecule has 0 saturated carbocycles. The van der Waals surface area contributed by atoms with Crippen LogP contribution in [0.3, 0.4) is 0 Å². The summed E-state index contributed by atoms with van der Waals surface area (Å²) in [6.07, 6.45) is 84.9. The van der Waals surface area contributed by atoms with Crippen LogP contribution in [0.5, 0.6) is 0 Å². The summed E-state index contributed by atoms with van der Waals surface area (Å²) < 4.78 is 16.9. The average Bonchev–Trinajstić information content (AvgIpc) is 3.43. The molecule has 0 N–H and O–H groups in total. The first-order valence-electron chi connectivity index (χ1n) is 33.4. The molecule has 0 heterocycles. The van der Waals surface area contributed by atoms with Crippen LogP contribution in [-0.4, -0.2) is 37.2 Å². The first-order chi connectivity index (χ1) is 38.0. The fourth-order valence-electron chi connectivity index (χ4n) is 9.70. The van der Waals surface area contributed by atoms with Gasteiger partial charge in [0.05, 0.1) is 0 Å². The smallest absolute Gasteiger partial charge is 0.306 e. The van der Waals surface area contributed by atoms with Gasteiger partial charge in [0.1, 0.15) is 13.2 Å². The molecule has 1 unspecified atom stereocenters. The lowest BCUT2D eigenvalue weighted by Crippen LogP contribution is -2.30. The highest BCUT2D eigenvalue weighted by molar-refractivity contribution is 5.71. The van der Waals surface area contributed by atoms with Gasteiger partial charge in [0, 0.05) is 19.3 Å². The van der Waals surface area contributed by atoms with Crippen molar-refractivity contribution in [3.63, 3.8) is 0 Å². The molecule has 6 heteroatoms. The number of carbonyl (C=O) groups is 3. The number of unbranched alkanes of at least 4 members (excludes halogenated alkanes) is 38. The van der Waals surface area contributed by atoms with E-state index in [2.05, 4.69) is 93.7 Å². The van der Waals surface area contributed by atoms with E-state index in [-0.39, 0.29) is 31.1 Å². The maximum absolute atomic E-state index is 12.9. The summed E-state index contributed by atoms with van der Waals surface area (Å²) in [5, 5.41) is 0. The van der Waals surface area contributed by atoms with Crippen LogP contribution in [0, 0.1) is 0 Å². The van der Waals surface area contributed by atoms with Crippen molar-refractivity contribution in [2.45, 2.75) is 348 Å². The number of allylic oxidation sites excluding steroid dienone is 12. The molecule has 0 aliphatic rings. The highest BCUT2D eigenvalue weighted by Gasteiger charge is 2.19. The van der Waals surface area contributed by atoms with Gasteiger partial charge in [0.15, 0.2) is 6.10 Å². The second-order valence-corrected chi connectivity index (χ2v) is 22.4. The third-order valence-corrected chi connectivity index (χ3v) is 14.7. The topological polar surface area (TPSA) is 78.9 Å². The highest BCUT2D eigenvalue weighted by atomic mass is 16.6. The van der Waals surface area contributed by atoms with Crippen molar-refractivity contribution < 1.29 is 28.6 Å². The van der Waals surface area contributed by atoms with Crippen LogP contribution in [0.25, 0.3) is 0 Å². The molecule has 0 aromatic carbocycles. The van der Waals surface area contributed by atoms with E-state index in [1.54, 1.807) is 0 Å². The molecule has 1 atom stereocenters. The Balaban J connectivity index is 4.21. The molecule has 6 nitrogen and oxygen atoms in total. The SMILES string of the molecule is CC/C=C\C/C=C\C/C=C\C/C=C\CCCCCCCCCCCCCCCCCCC(=O)OCC(COC(=O)CCCCCCCCCCCCCCC)OC(=O)CCCCCCCCC/C=C\C/C=C\CCCCC. The van der Waals surface area contributed by atoms with Crippen molar-refractivity contribution in [3.8, 4) is 0 Å². The summed E-state index contributed by atoms with van der Waals surface area (Å²) in [7, 11) is 0. The number of hydrogen-bond donors (Lipinski definition) is 0. The van der Waals surface area contributed by atoms with Gasteiger partial charge in [-0.15, -0.1) is 0 Å². The fraction of sp³-hybridized carbons (Fsp3) is 0.789. The van der Waals surface area contributed by atoms with Crippen LogP contribution in [0.1, 0.15) is 342 Å². The summed E-state index contributed by atoms with van der Waals surface area (Å²) in [6.45, 7) is 6.54. The van der Waals surface area contributed by atoms with Gasteiger partial charge in [-0.2, -0.15) is 0 Å². The fourth-order valence-corrected chi connectivity index (χ4v) is 9.70. The molecule has 0 saturated heterocycles. The molecule has 0 aliphatic heterocycles. The van der Waals surface area contributed by atoms with Gasteiger partial charge in [-0.3, -0.25) is 14.4 Å². The molecule has 0 bridgehead atoms. The first kappa shape index (κ1) is 73.8. The van der Waals surface area contributed by atoms with E-state index < -0.39 is 6.10 Å². The van der Waals surface area contributed by atoms with Crippen LogP contribution in [0.2, 0.25) is 0 Å². The van der Waals surface area contributed by atoms with Gasteiger partial charge < -0.3 is 14.2 Å². The number of ether oxygens (including phenoxy) is 3. The quantitative estimate of drug-likeness (QED) is 0.0261. The van der Waals surface area contributed by atoms with Crippen LogP contribution in [-0.2, 0) is 28.6 Å². The molecule has 0 fully saturated rings. The minimum absolute atomic E-state index is 0.0736. The molecule has 0 aromatic heterocycles. The summed E-state index contributed by atoms with van der Waals surface area (Å²) in [6, 6.07) is 0. The van der Waals surface area contributed by atoms with Crippen molar-refractivity contribution in [1.29, 1.82) is 0 Å². The van der Waals surface area contributed by atoms with E-state index in [0.29, 0.717) is 19.3 Å². The maximum Gasteiger partial charge on any atom is 0.306 e. The number of carbonyl (C=O) groups excluding carboxylic acids is 3. The molecule has 0 aromatic rings. The Kier molecular flexibility index (Phi) is 62.7. The van der Waals surface area contributed by atoms with Gasteiger partial charge in [0.25, 0.3) is 0 Å². The molecular weight excluding hydrogens is 949 g/mol. The normalized spacial score (nSPS) is 12.5. The third kappa shape index (κ3) is 63.6. The maximum atomic E-state index is 12.9. The lowest BCUT2D eigenvalue weighted by molar-refractivity contribution is -0.167. The first-order valence-corrected chi connectivity index (χ1v) is 33.4. The number of rotatable bonds is 61. The molecule has 446 valence electrons. The van der Waals surface area contributed by atoms with Crippen molar-refractivity contribution in [2.75, 3.05) is 13.2 Å². The van der Waals surface area contributed by atoms with E-state index in [1.165, 1.54) is 205 Å². The lowest BCUT2D eigenvalue weighted by Gasteiger charge is -2.18. The van der Waals surface area contributed by atoms with E-state index in [1.807, 2.05) is 0 Å². The number of hydrogen-bond acceptors (Lipinski definition) is 6. The summed E-state index contributed by atoms with van der Waals surface area (Å²) in [4.78, 5) is 38.3. The number of esters is 3. The van der Waals surface area contributed by atoms with Crippen molar-refractivity contribution in [1.82, 2.24) is 0 Å². The van der Waals surface area contributed by atoms with Gasteiger partial charge in [0.2, 0.25) is 0 Å². The summed E-state index contributed by atoms with van der Waals surface area (Å²) >= 11 is 0. The van der Waals surface area contributed by atoms with Crippen molar-refractivity contribution in [3.05, 3.63) is 72.9 Å². The molecule has 0 aliphatic carbocycles. The molecule has 77 heavy (non-hydrogen) atoms. The highest BCUT2D eigenvalue weighted by Crippen LogP contribution is 2.17. The van der Waals surface area contributed by atoms with E-state index >= 15 is 0 Å².